The molecule has 0 aliphatic rings. The molecule has 0 spiro atoms. The molecule has 0 heterocycles. The Morgan fingerprint density at radius 3 is 2.41 bits per heavy atom. The molecule has 0 bridgehead atoms. The van der Waals surface area contributed by atoms with Crippen LogP contribution in [0.25, 0.3) is 0 Å². The van der Waals surface area contributed by atoms with Crippen molar-refractivity contribution in [2.75, 3.05) is 39.0 Å². The monoisotopic (exact) mass is 512 g/mol. The molecule has 0 radical (unpaired) electrons. The maximum absolute atomic E-state index is 11.4. The molecule has 0 atom stereocenters. The lowest BCUT2D eigenvalue weighted by Crippen LogP contribution is -2.38. The highest BCUT2D eigenvalue weighted by atomic mass is 127. The zero-order valence-electron chi connectivity index (χ0n) is 16.7. The van der Waals surface area contributed by atoms with Gasteiger partial charge in [-0.3, -0.25) is 4.99 Å². The fraction of sp³-hybridized carbons (Fsp3) is 0.611. The van der Waals surface area contributed by atoms with E-state index in [1.165, 1.54) is 0 Å². The molecular weight excluding hydrogens is 479 g/mol. The fourth-order valence-corrected chi connectivity index (χ4v) is 2.93. The molecule has 0 aliphatic heterocycles. The molecule has 7 nitrogen and oxygen atoms in total. The van der Waals surface area contributed by atoms with E-state index in [1.807, 2.05) is 45.2 Å². The van der Waals surface area contributed by atoms with E-state index in [2.05, 4.69) is 19.9 Å². The number of nitrogens with one attached hydrogen (secondary N) is 2. The molecule has 0 saturated heterocycles. The Labute approximate surface area is 181 Å². The molecule has 0 unspecified atom stereocenters. The van der Waals surface area contributed by atoms with Crippen molar-refractivity contribution in [1.82, 2.24) is 14.9 Å². The predicted molar refractivity (Wildman–Crippen MR) is 123 cm³/mol. The second kappa shape index (κ2) is 14.0. The van der Waals surface area contributed by atoms with E-state index in [0.717, 1.165) is 30.4 Å². The highest BCUT2D eigenvalue weighted by Crippen LogP contribution is 2.13. The number of aliphatic imine (C=N–C) groups is 1. The van der Waals surface area contributed by atoms with Crippen LogP contribution in [0.3, 0.4) is 0 Å². The van der Waals surface area contributed by atoms with Crippen molar-refractivity contribution in [2.24, 2.45) is 4.99 Å². The van der Waals surface area contributed by atoms with Crippen molar-refractivity contribution in [3.63, 3.8) is 0 Å². The smallest absolute Gasteiger partial charge is 0.211 e. The largest absolute Gasteiger partial charge is 0.494 e. The maximum atomic E-state index is 11.4. The standard InChI is InChI=1S/C18H32N4O3S.HI/c1-5-19-18(20-13-8-14-21-26(23,24)7-3)22(4)15-16-9-11-17(12-10-16)25-6-2;/h9-12,21H,5-8,13-15H2,1-4H3,(H,19,20);1H. The van der Waals surface area contributed by atoms with Crippen LogP contribution in [0.15, 0.2) is 29.3 Å². The Hall–Kier alpha value is -1.07. The highest BCUT2D eigenvalue weighted by molar-refractivity contribution is 14.0. The number of ether oxygens (including phenoxy) is 1. The molecule has 27 heavy (non-hydrogen) atoms. The van der Waals surface area contributed by atoms with Crippen LogP contribution in [0.2, 0.25) is 0 Å². The molecule has 0 aliphatic carbocycles. The Bertz CT molecular complexity index is 651. The molecule has 9 heteroatoms. The normalized spacial score (nSPS) is 11.6. The minimum absolute atomic E-state index is 0. The molecule has 2 N–H and O–H groups in total. The van der Waals surface area contributed by atoms with E-state index >= 15 is 0 Å². The van der Waals surface area contributed by atoms with Crippen LogP contribution in [0.5, 0.6) is 5.75 Å². The number of sulfonamides is 1. The third-order valence-electron chi connectivity index (χ3n) is 3.65. The number of hydrogen-bond donors (Lipinski definition) is 2. The SMILES string of the molecule is CCNC(=NCCCNS(=O)(=O)CC)N(C)Cc1ccc(OCC)cc1.I. The van der Waals surface area contributed by atoms with E-state index in [-0.39, 0.29) is 29.7 Å². The van der Waals surface area contributed by atoms with Crippen LogP contribution < -0.4 is 14.8 Å². The van der Waals surface area contributed by atoms with E-state index in [4.69, 9.17) is 4.74 Å². The minimum Gasteiger partial charge on any atom is -0.494 e. The average molecular weight is 512 g/mol. The number of rotatable bonds is 11. The Morgan fingerprint density at radius 2 is 1.85 bits per heavy atom. The second-order valence-electron chi connectivity index (χ2n) is 5.82. The first kappa shape index (κ1) is 25.9. The van der Waals surface area contributed by atoms with Gasteiger partial charge in [0.2, 0.25) is 10.0 Å². The van der Waals surface area contributed by atoms with Crippen molar-refractivity contribution in [1.29, 1.82) is 0 Å². The second-order valence-corrected chi connectivity index (χ2v) is 7.92. The first-order chi connectivity index (χ1) is 12.4. The lowest BCUT2D eigenvalue weighted by atomic mass is 10.2. The summed E-state index contributed by atoms with van der Waals surface area (Å²) in [5, 5.41) is 3.27. The van der Waals surface area contributed by atoms with E-state index in [9.17, 15) is 8.42 Å². The van der Waals surface area contributed by atoms with Crippen molar-refractivity contribution in [2.45, 2.75) is 33.7 Å². The zero-order valence-corrected chi connectivity index (χ0v) is 19.8. The highest BCUT2D eigenvalue weighted by Gasteiger charge is 2.07. The van der Waals surface area contributed by atoms with Crippen LogP contribution in [-0.4, -0.2) is 58.3 Å². The van der Waals surface area contributed by atoms with Gasteiger partial charge in [0, 0.05) is 33.2 Å². The molecule has 156 valence electrons. The lowest BCUT2D eigenvalue weighted by Gasteiger charge is -2.22. The molecule has 1 rings (SSSR count). The summed E-state index contributed by atoms with van der Waals surface area (Å²) in [6.45, 7) is 8.73. The summed E-state index contributed by atoms with van der Waals surface area (Å²) in [4.78, 5) is 6.62. The van der Waals surface area contributed by atoms with Crippen molar-refractivity contribution in [3.05, 3.63) is 29.8 Å². The van der Waals surface area contributed by atoms with Crippen molar-refractivity contribution < 1.29 is 13.2 Å². The molecule has 1 aromatic carbocycles. The van der Waals surface area contributed by atoms with Gasteiger partial charge in [0.1, 0.15) is 5.75 Å². The summed E-state index contributed by atoms with van der Waals surface area (Å²) in [6, 6.07) is 8.03. The Balaban J connectivity index is 0.00000676. The van der Waals surface area contributed by atoms with Crippen LogP contribution in [0.1, 0.15) is 32.8 Å². The fourth-order valence-electron chi connectivity index (χ4n) is 2.27. The predicted octanol–water partition coefficient (Wildman–Crippen LogP) is 2.43. The lowest BCUT2D eigenvalue weighted by molar-refractivity contribution is 0.340. The van der Waals surface area contributed by atoms with Gasteiger partial charge in [0.25, 0.3) is 0 Å². The molecule has 1 aromatic rings. The van der Waals surface area contributed by atoms with E-state index in [1.54, 1.807) is 6.92 Å². The first-order valence-electron chi connectivity index (χ1n) is 9.10. The van der Waals surface area contributed by atoms with Gasteiger partial charge in [-0.1, -0.05) is 12.1 Å². The molecular formula is C18H33IN4O3S. The summed E-state index contributed by atoms with van der Waals surface area (Å²) in [7, 11) is -1.15. The van der Waals surface area contributed by atoms with E-state index in [0.29, 0.717) is 26.1 Å². The van der Waals surface area contributed by atoms with Gasteiger partial charge >= 0.3 is 0 Å². The minimum atomic E-state index is -3.13. The summed E-state index contributed by atoms with van der Waals surface area (Å²) < 4.78 is 30.8. The molecule has 0 aromatic heterocycles. The van der Waals surface area contributed by atoms with Crippen LogP contribution in [0.4, 0.5) is 0 Å². The van der Waals surface area contributed by atoms with Gasteiger partial charge in [-0.05, 0) is 44.9 Å². The van der Waals surface area contributed by atoms with Gasteiger partial charge < -0.3 is 15.0 Å². The van der Waals surface area contributed by atoms with Gasteiger partial charge in [-0.2, -0.15) is 0 Å². The third kappa shape index (κ3) is 10.7. The Kier molecular flexibility index (Phi) is 13.4. The van der Waals surface area contributed by atoms with Crippen LogP contribution in [0, 0.1) is 0 Å². The maximum Gasteiger partial charge on any atom is 0.211 e. The van der Waals surface area contributed by atoms with Crippen molar-refractivity contribution in [3.8, 4) is 5.75 Å². The van der Waals surface area contributed by atoms with Crippen LogP contribution >= 0.6 is 24.0 Å². The summed E-state index contributed by atoms with van der Waals surface area (Å²) in [5.41, 5.74) is 1.16. The summed E-state index contributed by atoms with van der Waals surface area (Å²) >= 11 is 0. The third-order valence-corrected chi connectivity index (χ3v) is 5.05. The number of benzene rings is 1. The van der Waals surface area contributed by atoms with Crippen LogP contribution in [-0.2, 0) is 16.6 Å². The van der Waals surface area contributed by atoms with E-state index < -0.39 is 10.0 Å². The number of guanidine groups is 1. The molecule has 0 fully saturated rings. The topological polar surface area (TPSA) is 83.0 Å². The first-order valence-corrected chi connectivity index (χ1v) is 10.8. The van der Waals surface area contributed by atoms with Gasteiger partial charge in [-0.25, -0.2) is 13.1 Å². The van der Waals surface area contributed by atoms with Crippen molar-refractivity contribution >= 4 is 40.0 Å². The van der Waals surface area contributed by atoms with Gasteiger partial charge in [-0.15, -0.1) is 24.0 Å². The zero-order chi connectivity index (χ0) is 19.4. The molecule has 0 amide bonds. The summed E-state index contributed by atoms with van der Waals surface area (Å²) in [6.07, 6.45) is 0.658. The van der Waals surface area contributed by atoms with Gasteiger partial charge in [0.15, 0.2) is 5.96 Å². The van der Waals surface area contributed by atoms with Gasteiger partial charge in [0.05, 0.1) is 12.4 Å². The summed E-state index contributed by atoms with van der Waals surface area (Å²) in [5.74, 6) is 1.78. The Morgan fingerprint density at radius 1 is 1.19 bits per heavy atom. The quantitative estimate of drug-likeness (QED) is 0.206. The number of hydrogen-bond acceptors (Lipinski definition) is 4. The number of nitrogens with zero attached hydrogens (tertiary/aromatic N) is 2. The number of halogens is 1. The molecule has 0 saturated carbocycles. The average Bonchev–Trinajstić information content (AvgIpc) is 2.62.